The second-order valence-electron chi connectivity index (χ2n) is 6.40. The van der Waals surface area contributed by atoms with Crippen molar-refractivity contribution in [1.82, 2.24) is 0 Å². The monoisotopic (exact) mass is 566 g/mol. The molecule has 0 radical (unpaired) electrons. The number of thioether (sulfide) groups is 8. The Hall–Kier alpha value is -0.600. The quantitative estimate of drug-likeness (QED) is 0.318. The van der Waals surface area contributed by atoms with E-state index in [1.807, 2.05) is 0 Å². The SMILES string of the molecule is O=C1C=CC(=O)C2=C1SC(=C1SC=C(C3=CSC(=C4SC5=C(S4)C(=O)C=CC5=O)S3)S1)S2. The van der Waals surface area contributed by atoms with Crippen LogP contribution in [-0.2, 0) is 19.2 Å². The Morgan fingerprint density at radius 2 is 0.719 bits per heavy atom. The van der Waals surface area contributed by atoms with Gasteiger partial charge in [0.1, 0.15) is 0 Å². The number of hydrogen-bond acceptors (Lipinski definition) is 12. The van der Waals surface area contributed by atoms with Crippen LogP contribution in [0.25, 0.3) is 0 Å². The maximum absolute atomic E-state index is 12.1. The van der Waals surface area contributed by atoms with Gasteiger partial charge in [-0.25, -0.2) is 0 Å². The molecule has 0 bridgehead atoms. The van der Waals surface area contributed by atoms with Crippen molar-refractivity contribution in [1.29, 1.82) is 0 Å². The van der Waals surface area contributed by atoms with Gasteiger partial charge in [0.2, 0.25) is 0 Å². The van der Waals surface area contributed by atoms with Crippen molar-refractivity contribution in [2.24, 2.45) is 0 Å². The van der Waals surface area contributed by atoms with E-state index in [1.165, 1.54) is 71.4 Å². The molecule has 0 fully saturated rings. The van der Waals surface area contributed by atoms with Crippen molar-refractivity contribution in [3.63, 3.8) is 0 Å². The lowest BCUT2D eigenvalue weighted by molar-refractivity contribution is -0.114. The molecule has 0 unspecified atom stereocenters. The second kappa shape index (κ2) is 8.56. The van der Waals surface area contributed by atoms with E-state index in [2.05, 4.69) is 10.8 Å². The number of ketones is 4. The van der Waals surface area contributed by atoms with Gasteiger partial charge in [-0.2, -0.15) is 0 Å². The maximum Gasteiger partial charge on any atom is 0.193 e. The number of hydrogen-bond donors (Lipinski definition) is 0. The summed E-state index contributed by atoms with van der Waals surface area (Å²) in [7, 11) is 0. The van der Waals surface area contributed by atoms with Gasteiger partial charge in [-0.05, 0) is 35.1 Å². The number of carbonyl (C=O) groups excluding carboxylic acids is 4. The summed E-state index contributed by atoms with van der Waals surface area (Å²) >= 11 is 12.0. The first kappa shape index (κ1) is 21.9. The second-order valence-corrected chi connectivity index (χ2v) is 15.4. The first-order valence-corrected chi connectivity index (χ1v) is 15.5. The van der Waals surface area contributed by atoms with E-state index in [1.54, 1.807) is 47.0 Å². The highest BCUT2D eigenvalue weighted by Gasteiger charge is 2.36. The summed E-state index contributed by atoms with van der Waals surface area (Å²) in [6, 6.07) is 0. The van der Waals surface area contributed by atoms with Crippen LogP contribution in [0.5, 0.6) is 0 Å². The van der Waals surface area contributed by atoms with Gasteiger partial charge in [0.25, 0.3) is 0 Å². The first-order chi connectivity index (χ1) is 15.5. The lowest BCUT2D eigenvalue weighted by Gasteiger charge is -2.05. The Labute approximate surface area is 216 Å². The van der Waals surface area contributed by atoms with Gasteiger partial charge >= 0.3 is 0 Å². The maximum atomic E-state index is 12.1. The molecule has 0 saturated carbocycles. The first-order valence-electron chi connectivity index (χ1n) is 8.79. The Bertz CT molecular complexity index is 1170. The summed E-state index contributed by atoms with van der Waals surface area (Å²) < 4.78 is 4.09. The summed E-state index contributed by atoms with van der Waals surface area (Å²) in [6.45, 7) is 0. The van der Waals surface area contributed by atoms with Crippen LogP contribution in [0.2, 0.25) is 0 Å². The smallest absolute Gasteiger partial charge is 0.193 e. The third kappa shape index (κ3) is 3.76. The minimum atomic E-state index is -0.106. The molecule has 0 aromatic carbocycles. The Morgan fingerprint density at radius 1 is 0.406 bits per heavy atom. The molecular formula is C20H6O4S8. The van der Waals surface area contributed by atoms with Crippen LogP contribution >= 0.6 is 94.1 Å². The molecule has 2 aliphatic carbocycles. The fourth-order valence-corrected chi connectivity index (χ4v) is 13.4. The highest BCUT2D eigenvalue weighted by atomic mass is 32.2. The van der Waals surface area contributed by atoms with E-state index in [0.29, 0.717) is 19.6 Å². The van der Waals surface area contributed by atoms with Gasteiger partial charge in [0.15, 0.2) is 23.1 Å². The van der Waals surface area contributed by atoms with E-state index in [0.717, 1.165) is 26.8 Å². The van der Waals surface area contributed by atoms with Crippen molar-refractivity contribution in [2.75, 3.05) is 0 Å². The summed E-state index contributed by atoms with van der Waals surface area (Å²) in [5.41, 5.74) is 0. The van der Waals surface area contributed by atoms with Crippen LogP contribution in [0.15, 0.2) is 81.5 Å². The molecule has 0 aromatic rings. The lowest BCUT2D eigenvalue weighted by Crippen LogP contribution is -2.07. The molecule has 0 saturated heterocycles. The molecule has 4 aliphatic heterocycles. The van der Waals surface area contributed by atoms with Crippen LogP contribution in [0.4, 0.5) is 0 Å². The van der Waals surface area contributed by atoms with Gasteiger partial charge < -0.3 is 0 Å². The minimum Gasteiger partial charge on any atom is -0.289 e. The average Bonchev–Trinajstić information content (AvgIpc) is 3.57. The number of allylic oxidation sites excluding steroid dienone is 8. The van der Waals surface area contributed by atoms with Gasteiger partial charge in [0.05, 0.1) is 36.6 Å². The standard InChI is InChI=1S/C20H6O4S8/c21-7-1-2-8(22)14-13(7)29-19(30-14)17-25-5-11(27-17)12-6-26-18(28-12)20-31-15-9(23)3-4-10(24)16(15)32-20/h1-6H. The highest BCUT2D eigenvalue weighted by Crippen LogP contribution is 2.64. The molecule has 0 N–H and O–H groups in total. The third-order valence-corrected chi connectivity index (χ3v) is 15.6. The zero-order valence-electron chi connectivity index (χ0n) is 15.4. The Balaban J connectivity index is 1.15. The molecule has 12 heteroatoms. The molecule has 4 heterocycles. The molecule has 0 aromatic heterocycles. The predicted octanol–water partition coefficient (Wildman–Crippen LogP) is 6.68. The van der Waals surface area contributed by atoms with E-state index < -0.39 is 0 Å². The van der Waals surface area contributed by atoms with Crippen LogP contribution in [0.3, 0.4) is 0 Å². The number of rotatable bonds is 1. The normalized spacial score (nSPS) is 25.0. The van der Waals surface area contributed by atoms with Crippen molar-refractivity contribution in [3.8, 4) is 0 Å². The van der Waals surface area contributed by atoms with Crippen molar-refractivity contribution >= 4 is 117 Å². The van der Waals surface area contributed by atoms with Crippen LogP contribution < -0.4 is 0 Å². The predicted molar refractivity (Wildman–Crippen MR) is 143 cm³/mol. The zero-order chi connectivity index (χ0) is 22.0. The van der Waals surface area contributed by atoms with E-state index in [-0.39, 0.29) is 23.1 Å². The molecule has 0 atom stereocenters. The molecule has 6 rings (SSSR count). The third-order valence-electron chi connectivity index (χ3n) is 4.39. The van der Waals surface area contributed by atoms with E-state index in [9.17, 15) is 19.2 Å². The summed E-state index contributed by atoms with van der Waals surface area (Å²) in [4.78, 5) is 52.7. The fourth-order valence-electron chi connectivity index (χ4n) is 2.93. The van der Waals surface area contributed by atoms with Crippen LogP contribution in [-0.4, -0.2) is 23.1 Å². The largest absolute Gasteiger partial charge is 0.289 e. The molecular weight excluding hydrogens is 561 g/mol. The van der Waals surface area contributed by atoms with Gasteiger partial charge in [0, 0.05) is 9.81 Å². The van der Waals surface area contributed by atoms with Crippen LogP contribution in [0, 0.1) is 0 Å². The summed E-state index contributed by atoms with van der Waals surface area (Å²) in [5.74, 6) is -0.424. The molecule has 0 amide bonds. The van der Waals surface area contributed by atoms with E-state index in [4.69, 9.17) is 0 Å². The highest BCUT2D eigenvalue weighted by molar-refractivity contribution is 8.36. The molecule has 0 spiro atoms. The van der Waals surface area contributed by atoms with Gasteiger partial charge in [-0.3, -0.25) is 19.2 Å². The molecule has 4 nitrogen and oxygen atoms in total. The Morgan fingerprint density at radius 3 is 1.03 bits per heavy atom. The van der Waals surface area contributed by atoms with E-state index >= 15 is 0 Å². The summed E-state index contributed by atoms with van der Waals surface area (Å²) in [5, 5.41) is 4.19. The molecule has 32 heavy (non-hydrogen) atoms. The lowest BCUT2D eigenvalue weighted by atomic mass is 10.2. The summed E-state index contributed by atoms with van der Waals surface area (Å²) in [6.07, 6.45) is 5.37. The van der Waals surface area contributed by atoms with Crippen molar-refractivity contribution in [3.05, 3.63) is 81.5 Å². The fraction of sp³-hybridized carbons (Fsp3) is 0. The number of carbonyl (C=O) groups is 4. The Kier molecular flexibility index (Phi) is 5.86. The van der Waals surface area contributed by atoms with Gasteiger partial charge in [-0.1, -0.05) is 94.1 Å². The molecule has 158 valence electrons. The van der Waals surface area contributed by atoms with Crippen molar-refractivity contribution < 1.29 is 19.2 Å². The van der Waals surface area contributed by atoms with Crippen molar-refractivity contribution in [2.45, 2.75) is 0 Å². The average molecular weight is 567 g/mol. The zero-order valence-corrected chi connectivity index (χ0v) is 21.9. The minimum absolute atomic E-state index is 0.106. The van der Waals surface area contributed by atoms with Crippen LogP contribution in [0.1, 0.15) is 0 Å². The topological polar surface area (TPSA) is 68.3 Å². The molecule has 6 aliphatic rings. The van der Waals surface area contributed by atoms with Gasteiger partial charge in [-0.15, -0.1) is 0 Å².